The van der Waals surface area contributed by atoms with Gasteiger partial charge in [-0.25, -0.2) is 4.98 Å². The van der Waals surface area contributed by atoms with Crippen molar-refractivity contribution < 1.29 is 13.2 Å². The second-order valence-electron chi connectivity index (χ2n) is 6.54. The van der Waals surface area contributed by atoms with Crippen LogP contribution >= 0.6 is 0 Å². The van der Waals surface area contributed by atoms with E-state index in [0.717, 1.165) is 25.9 Å². The molecule has 1 aliphatic heterocycles. The second-order valence-corrected chi connectivity index (χ2v) is 6.54. The third-order valence-electron chi connectivity index (χ3n) is 4.77. The molecule has 1 saturated heterocycles. The molecule has 0 aliphatic carbocycles. The van der Waals surface area contributed by atoms with Gasteiger partial charge < -0.3 is 4.90 Å². The number of halogens is 3. The molecule has 138 valence electrons. The van der Waals surface area contributed by atoms with Gasteiger partial charge in [-0.05, 0) is 25.8 Å². The summed E-state index contributed by atoms with van der Waals surface area (Å²) in [4.78, 5) is 9.67. The average molecular weight is 365 g/mol. The fraction of sp³-hybridized carbons (Fsp3) is 0.500. The highest BCUT2D eigenvalue weighted by Gasteiger charge is 2.37. The summed E-state index contributed by atoms with van der Waals surface area (Å²) in [5.74, 6) is -0.208. The molecule has 1 aliphatic rings. The zero-order valence-electron chi connectivity index (χ0n) is 14.4. The molecule has 4 rings (SSSR count). The second kappa shape index (κ2) is 5.96. The smallest absolute Gasteiger partial charge is 0.356 e. The van der Waals surface area contributed by atoms with E-state index in [-0.39, 0.29) is 5.78 Å². The topological polar surface area (TPSA) is 64.1 Å². The molecular weight excluding hydrogens is 347 g/mol. The first-order chi connectivity index (χ1) is 12.3. The normalized spacial score (nSPS) is 16.6. The molecule has 0 aromatic carbocycles. The first kappa shape index (κ1) is 16.8. The Morgan fingerprint density at radius 3 is 2.50 bits per heavy atom. The molecule has 0 bridgehead atoms. The Hall–Kier alpha value is -2.65. The Balaban J connectivity index is 1.63. The fourth-order valence-corrected chi connectivity index (χ4v) is 3.50. The maximum atomic E-state index is 13.0. The van der Waals surface area contributed by atoms with Crippen LogP contribution in [0.2, 0.25) is 0 Å². The zero-order valence-corrected chi connectivity index (χ0v) is 14.4. The van der Waals surface area contributed by atoms with Gasteiger partial charge in [0.05, 0.1) is 0 Å². The highest BCUT2D eigenvalue weighted by Crippen LogP contribution is 2.31. The summed E-state index contributed by atoms with van der Waals surface area (Å²) in [7, 11) is 1.92. The van der Waals surface area contributed by atoms with Crippen LogP contribution in [0.1, 0.15) is 36.0 Å². The molecule has 3 aromatic rings. The quantitative estimate of drug-likeness (QED) is 0.698. The van der Waals surface area contributed by atoms with Crippen LogP contribution in [0.3, 0.4) is 0 Å². The van der Waals surface area contributed by atoms with Crippen LogP contribution in [-0.4, -0.2) is 42.5 Å². The van der Waals surface area contributed by atoms with Crippen molar-refractivity contribution >= 4 is 11.6 Å². The third-order valence-corrected chi connectivity index (χ3v) is 4.77. The number of aryl methyl sites for hydroxylation is 2. The van der Waals surface area contributed by atoms with E-state index in [4.69, 9.17) is 0 Å². The van der Waals surface area contributed by atoms with Crippen LogP contribution in [0.15, 0.2) is 18.3 Å². The van der Waals surface area contributed by atoms with E-state index >= 15 is 0 Å². The van der Waals surface area contributed by atoms with Gasteiger partial charge in [0.15, 0.2) is 0 Å². The molecule has 0 atom stereocenters. The van der Waals surface area contributed by atoms with E-state index in [1.807, 2.05) is 22.7 Å². The molecule has 1 fully saturated rings. The number of hydrogen-bond donors (Lipinski definition) is 0. The predicted molar refractivity (Wildman–Crippen MR) is 87.9 cm³/mol. The standard InChI is InChI=1S/C16H18F3N7/c1-10-9-13(26-15(21-10)22-14(23-26)16(17,18)19)25-7-4-11(5-8-25)12-3-6-20-24(12)2/h3,6,9,11H,4-5,7-8H2,1-2H3. The van der Waals surface area contributed by atoms with E-state index in [1.54, 1.807) is 19.2 Å². The molecular formula is C16H18F3N7. The van der Waals surface area contributed by atoms with E-state index in [0.29, 0.717) is 17.4 Å². The average Bonchev–Trinajstić information content (AvgIpc) is 3.20. The highest BCUT2D eigenvalue weighted by molar-refractivity contribution is 5.48. The SMILES string of the molecule is Cc1cc(N2CCC(c3ccnn3C)CC2)n2nc(C(F)(F)F)nc2n1. The summed E-state index contributed by atoms with van der Waals surface area (Å²) in [5.41, 5.74) is 1.79. The maximum absolute atomic E-state index is 13.0. The van der Waals surface area contributed by atoms with Gasteiger partial charge in [0, 0.05) is 49.7 Å². The largest absolute Gasteiger partial charge is 0.453 e. The summed E-state index contributed by atoms with van der Waals surface area (Å²) in [6.07, 6.45) is -1.02. The first-order valence-electron chi connectivity index (χ1n) is 8.37. The van der Waals surface area contributed by atoms with Crippen molar-refractivity contribution in [2.75, 3.05) is 18.0 Å². The number of aromatic nitrogens is 6. The predicted octanol–water partition coefficient (Wildman–Crippen LogP) is 2.57. The van der Waals surface area contributed by atoms with E-state index in [2.05, 4.69) is 20.2 Å². The zero-order chi connectivity index (χ0) is 18.5. The van der Waals surface area contributed by atoms with Crippen LogP contribution in [-0.2, 0) is 13.2 Å². The number of alkyl halides is 3. The summed E-state index contributed by atoms with van der Waals surface area (Å²) in [6, 6.07) is 3.77. The molecule has 0 N–H and O–H groups in total. The molecule has 0 radical (unpaired) electrons. The number of piperidine rings is 1. The summed E-state index contributed by atoms with van der Waals surface area (Å²) in [5, 5.41) is 7.86. The third kappa shape index (κ3) is 2.89. The van der Waals surface area contributed by atoms with Crippen LogP contribution < -0.4 is 4.90 Å². The van der Waals surface area contributed by atoms with Crippen LogP contribution in [0.5, 0.6) is 0 Å². The van der Waals surface area contributed by atoms with Gasteiger partial charge in [0.2, 0.25) is 0 Å². The molecule has 0 unspecified atom stereocenters. The Morgan fingerprint density at radius 1 is 1.15 bits per heavy atom. The first-order valence-corrected chi connectivity index (χ1v) is 8.37. The summed E-state index contributed by atoms with van der Waals surface area (Å²) >= 11 is 0. The highest BCUT2D eigenvalue weighted by atomic mass is 19.4. The minimum absolute atomic E-state index is 0.0268. The van der Waals surface area contributed by atoms with E-state index in [9.17, 15) is 13.2 Å². The Morgan fingerprint density at radius 2 is 1.88 bits per heavy atom. The molecule has 10 heteroatoms. The minimum atomic E-state index is -4.59. The maximum Gasteiger partial charge on any atom is 0.453 e. The van der Waals surface area contributed by atoms with Gasteiger partial charge >= 0.3 is 6.18 Å². The number of rotatable bonds is 2. The molecule has 4 heterocycles. The summed E-state index contributed by atoms with van der Waals surface area (Å²) < 4.78 is 41.9. The van der Waals surface area contributed by atoms with Gasteiger partial charge in [-0.2, -0.15) is 27.8 Å². The van der Waals surface area contributed by atoms with Gasteiger partial charge in [0.25, 0.3) is 11.6 Å². The van der Waals surface area contributed by atoms with Gasteiger partial charge in [0.1, 0.15) is 5.82 Å². The fourth-order valence-electron chi connectivity index (χ4n) is 3.50. The lowest BCUT2D eigenvalue weighted by molar-refractivity contribution is -0.144. The monoisotopic (exact) mass is 365 g/mol. The van der Waals surface area contributed by atoms with E-state index < -0.39 is 12.0 Å². The van der Waals surface area contributed by atoms with Crippen molar-refractivity contribution in [3.63, 3.8) is 0 Å². The van der Waals surface area contributed by atoms with Gasteiger partial charge in [-0.3, -0.25) is 4.68 Å². The molecule has 0 spiro atoms. The van der Waals surface area contributed by atoms with Crippen LogP contribution in [0.25, 0.3) is 5.78 Å². The Bertz CT molecular complexity index is 935. The van der Waals surface area contributed by atoms with Crippen molar-refractivity contribution in [3.8, 4) is 0 Å². The van der Waals surface area contributed by atoms with Crippen molar-refractivity contribution in [2.24, 2.45) is 7.05 Å². The van der Waals surface area contributed by atoms with E-state index in [1.165, 1.54) is 10.2 Å². The Kier molecular flexibility index (Phi) is 3.85. The van der Waals surface area contributed by atoms with Crippen molar-refractivity contribution in [3.05, 3.63) is 35.5 Å². The number of nitrogens with zero attached hydrogens (tertiary/aromatic N) is 7. The molecule has 7 nitrogen and oxygen atoms in total. The lowest BCUT2D eigenvalue weighted by Gasteiger charge is -2.33. The van der Waals surface area contributed by atoms with Crippen molar-refractivity contribution in [1.29, 1.82) is 0 Å². The van der Waals surface area contributed by atoms with Crippen LogP contribution in [0, 0.1) is 6.92 Å². The van der Waals surface area contributed by atoms with Crippen LogP contribution in [0.4, 0.5) is 19.0 Å². The van der Waals surface area contributed by atoms with Crippen molar-refractivity contribution in [1.82, 2.24) is 29.4 Å². The Labute approximate surface area is 147 Å². The van der Waals surface area contributed by atoms with Crippen molar-refractivity contribution in [2.45, 2.75) is 31.9 Å². The molecule has 0 saturated carbocycles. The number of anilines is 1. The lowest BCUT2D eigenvalue weighted by atomic mass is 9.93. The molecule has 26 heavy (non-hydrogen) atoms. The number of fused-ring (bicyclic) bond motifs is 1. The summed E-state index contributed by atoms with van der Waals surface area (Å²) in [6.45, 7) is 3.18. The minimum Gasteiger partial charge on any atom is -0.356 e. The van der Waals surface area contributed by atoms with Gasteiger partial charge in [-0.1, -0.05) is 0 Å². The molecule has 0 amide bonds. The molecule has 3 aromatic heterocycles. The lowest BCUT2D eigenvalue weighted by Crippen LogP contribution is -2.35. The van der Waals surface area contributed by atoms with Gasteiger partial charge in [-0.15, -0.1) is 5.10 Å². The number of hydrogen-bond acceptors (Lipinski definition) is 5.